The van der Waals surface area contributed by atoms with Crippen molar-refractivity contribution in [1.82, 2.24) is 10.6 Å². The summed E-state index contributed by atoms with van der Waals surface area (Å²) in [5, 5.41) is 5.57. The molecule has 22 heavy (non-hydrogen) atoms. The predicted octanol–water partition coefficient (Wildman–Crippen LogP) is 2.33. The van der Waals surface area contributed by atoms with Gasteiger partial charge in [0.1, 0.15) is 5.82 Å². The Morgan fingerprint density at radius 3 is 2.45 bits per heavy atom. The number of hydrogen-bond acceptors (Lipinski definition) is 2. The molecule has 0 aliphatic rings. The van der Waals surface area contributed by atoms with Gasteiger partial charge >= 0.3 is 6.03 Å². The van der Waals surface area contributed by atoms with Crippen molar-refractivity contribution < 1.29 is 9.18 Å². The average molecular weight is 301 g/mol. The smallest absolute Gasteiger partial charge is 0.315 e. The largest absolute Gasteiger partial charge is 0.338 e. The lowest BCUT2D eigenvalue weighted by Gasteiger charge is -2.08. The van der Waals surface area contributed by atoms with E-state index in [1.54, 1.807) is 12.1 Å². The van der Waals surface area contributed by atoms with Crippen molar-refractivity contribution in [1.29, 1.82) is 0 Å². The first-order valence-electron chi connectivity index (χ1n) is 7.21. The number of carbonyl (C=O) groups is 1. The maximum absolute atomic E-state index is 12.8. The van der Waals surface area contributed by atoms with Crippen molar-refractivity contribution in [2.75, 3.05) is 6.54 Å². The van der Waals surface area contributed by atoms with Crippen LogP contribution in [0, 0.1) is 5.82 Å². The molecule has 5 heteroatoms. The van der Waals surface area contributed by atoms with Crippen LogP contribution in [0.5, 0.6) is 0 Å². The Morgan fingerprint density at radius 2 is 1.73 bits per heavy atom. The Kier molecular flexibility index (Phi) is 5.91. The maximum Gasteiger partial charge on any atom is 0.315 e. The van der Waals surface area contributed by atoms with Gasteiger partial charge in [-0.05, 0) is 35.2 Å². The predicted molar refractivity (Wildman–Crippen MR) is 84.7 cm³/mol. The number of rotatable bonds is 6. The number of amides is 2. The van der Waals surface area contributed by atoms with Crippen LogP contribution in [0.3, 0.4) is 0 Å². The summed E-state index contributed by atoms with van der Waals surface area (Å²) in [6.07, 6.45) is 0.663. The minimum Gasteiger partial charge on any atom is -0.338 e. The van der Waals surface area contributed by atoms with Crippen LogP contribution in [0.1, 0.15) is 16.7 Å². The van der Waals surface area contributed by atoms with Crippen molar-refractivity contribution in [2.45, 2.75) is 19.5 Å². The van der Waals surface area contributed by atoms with E-state index in [0.717, 1.165) is 16.7 Å². The van der Waals surface area contributed by atoms with Gasteiger partial charge in [0.25, 0.3) is 0 Å². The molecule has 0 bridgehead atoms. The third-order valence-electron chi connectivity index (χ3n) is 3.29. The first-order valence-corrected chi connectivity index (χ1v) is 7.21. The normalized spacial score (nSPS) is 10.3. The van der Waals surface area contributed by atoms with Crippen molar-refractivity contribution in [3.8, 4) is 0 Å². The standard InChI is InChI=1S/C17H20FN3O/c18-16-6-4-13(5-7-16)8-9-20-17(22)21-12-15-3-1-2-14(10-15)11-19/h1-7,10H,8-9,11-12,19H2,(H2,20,21,22). The maximum atomic E-state index is 12.8. The zero-order valence-corrected chi connectivity index (χ0v) is 12.3. The molecule has 4 N–H and O–H groups in total. The van der Waals surface area contributed by atoms with E-state index in [0.29, 0.717) is 26.1 Å². The van der Waals surface area contributed by atoms with Gasteiger partial charge in [-0.15, -0.1) is 0 Å². The molecule has 2 amide bonds. The molecule has 0 aromatic heterocycles. The molecule has 0 saturated carbocycles. The first-order chi connectivity index (χ1) is 10.7. The Bertz CT molecular complexity index is 614. The lowest BCUT2D eigenvalue weighted by Crippen LogP contribution is -2.36. The minimum absolute atomic E-state index is 0.222. The van der Waals surface area contributed by atoms with Crippen molar-refractivity contribution in [2.24, 2.45) is 5.73 Å². The van der Waals surface area contributed by atoms with Crippen LogP contribution >= 0.6 is 0 Å². The molecule has 0 fully saturated rings. The molecular formula is C17H20FN3O. The van der Waals surface area contributed by atoms with Crippen LogP contribution in [-0.4, -0.2) is 12.6 Å². The van der Waals surface area contributed by atoms with Gasteiger partial charge in [-0.25, -0.2) is 9.18 Å². The number of carbonyl (C=O) groups excluding carboxylic acids is 1. The third kappa shape index (κ3) is 5.18. The lowest BCUT2D eigenvalue weighted by molar-refractivity contribution is 0.240. The van der Waals surface area contributed by atoms with Gasteiger partial charge in [0.15, 0.2) is 0 Å². The van der Waals surface area contributed by atoms with E-state index in [9.17, 15) is 9.18 Å². The highest BCUT2D eigenvalue weighted by molar-refractivity contribution is 5.73. The van der Waals surface area contributed by atoms with Crippen LogP contribution in [-0.2, 0) is 19.5 Å². The van der Waals surface area contributed by atoms with E-state index in [4.69, 9.17) is 5.73 Å². The summed E-state index contributed by atoms with van der Waals surface area (Å²) in [6, 6.07) is 13.8. The molecule has 0 heterocycles. The molecule has 0 aliphatic heterocycles. The van der Waals surface area contributed by atoms with Crippen molar-refractivity contribution >= 4 is 6.03 Å². The van der Waals surface area contributed by atoms with Crippen LogP contribution < -0.4 is 16.4 Å². The van der Waals surface area contributed by atoms with Crippen LogP contribution in [0.25, 0.3) is 0 Å². The van der Waals surface area contributed by atoms with Crippen LogP contribution in [0.15, 0.2) is 48.5 Å². The van der Waals surface area contributed by atoms with Crippen LogP contribution in [0.4, 0.5) is 9.18 Å². The quantitative estimate of drug-likeness (QED) is 0.766. The van der Waals surface area contributed by atoms with Gasteiger partial charge in [-0.2, -0.15) is 0 Å². The fourth-order valence-corrected chi connectivity index (χ4v) is 2.08. The summed E-state index contributed by atoms with van der Waals surface area (Å²) < 4.78 is 12.8. The van der Waals surface area contributed by atoms with Crippen molar-refractivity contribution in [3.05, 3.63) is 71.0 Å². The van der Waals surface area contributed by atoms with Gasteiger partial charge in [0.05, 0.1) is 0 Å². The molecule has 116 valence electrons. The molecule has 2 aromatic carbocycles. The summed E-state index contributed by atoms with van der Waals surface area (Å²) in [6.45, 7) is 1.44. The summed E-state index contributed by atoms with van der Waals surface area (Å²) in [4.78, 5) is 11.7. The first kappa shape index (κ1) is 16.0. The number of nitrogens with one attached hydrogen (secondary N) is 2. The molecule has 2 aromatic rings. The second-order valence-corrected chi connectivity index (χ2v) is 5.01. The zero-order valence-electron chi connectivity index (χ0n) is 12.3. The Hall–Kier alpha value is -2.40. The summed E-state index contributed by atoms with van der Waals surface area (Å²) in [5.41, 5.74) is 8.61. The molecule has 4 nitrogen and oxygen atoms in total. The highest BCUT2D eigenvalue weighted by Crippen LogP contribution is 2.04. The molecule has 0 aliphatic carbocycles. The fourth-order valence-electron chi connectivity index (χ4n) is 2.08. The molecule has 2 rings (SSSR count). The summed E-state index contributed by atoms with van der Waals surface area (Å²) in [5.74, 6) is -0.255. The van der Waals surface area contributed by atoms with E-state index in [-0.39, 0.29) is 11.8 Å². The van der Waals surface area contributed by atoms with Gasteiger partial charge < -0.3 is 16.4 Å². The van der Waals surface area contributed by atoms with Gasteiger partial charge in [-0.1, -0.05) is 36.4 Å². The van der Waals surface area contributed by atoms with Crippen LogP contribution in [0.2, 0.25) is 0 Å². The monoisotopic (exact) mass is 301 g/mol. The summed E-state index contributed by atoms with van der Waals surface area (Å²) in [7, 11) is 0. The minimum atomic E-state index is -0.255. The second kappa shape index (κ2) is 8.14. The summed E-state index contributed by atoms with van der Waals surface area (Å²) >= 11 is 0. The molecular weight excluding hydrogens is 281 g/mol. The van der Waals surface area contributed by atoms with E-state index in [1.807, 2.05) is 24.3 Å². The lowest BCUT2D eigenvalue weighted by atomic mass is 10.1. The third-order valence-corrected chi connectivity index (χ3v) is 3.29. The second-order valence-electron chi connectivity index (χ2n) is 5.01. The average Bonchev–Trinajstić information content (AvgIpc) is 2.55. The Morgan fingerprint density at radius 1 is 1.00 bits per heavy atom. The van der Waals surface area contributed by atoms with E-state index in [1.165, 1.54) is 12.1 Å². The zero-order chi connectivity index (χ0) is 15.8. The fraction of sp³-hybridized carbons (Fsp3) is 0.235. The number of nitrogens with two attached hydrogens (primary N) is 1. The number of urea groups is 1. The number of halogens is 1. The van der Waals surface area contributed by atoms with Gasteiger partial charge in [-0.3, -0.25) is 0 Å². The highest BCUT2D eigenvalue weighted by atomic mass is 19.1. The molecule has 0 spiro atoms. The molecule has 0 unspecified atom stereocenters. The van der Waals surface area contributed by atoms with Crippen molar-refractivity contribution in [3.63, 3.8) is 0 Å². The number of hydrogen-bond donors (Lipinski definition) is 3. The van der Waals surface area contributed by atoms with E-state index >= 15 is 0 Å². The van der Waals surface area contributed by atoms with Gasteiger partial charge in [0.2, 0.25) is 0 Å². The van der Waals surface area contributed by atoms with E-state index < -0.39 is 0 Å². The highest BCUT2D eigenvalue weighted by Gasteiger charge is 2.01. The van der Waals surface area contributed by atoms with Gasteiger partial charge in [0, 0.05) is 19.6 Å². The molecule has 0 saturated heterocycles. The SMILES string of the molecule is NCc1cccc(CNC(=O)NCCc2ccc(F)cc2)c1. The Balaban J connectivity index is 1.70. The number of benzene rings is 2. The Labute approximate surface area is 129 Å². The molecule has 0 radical (unpaired) electrons. The van der Waals surface area contributed by atoms with E-state index in [2.05, 4.69) is 10.6 Å². The molecule has 0 atom stereocenters. The topological polar surface area (TPSA) is 67.1 Å².